The van der Waals surface area contributed by atoms with E-state index in [2.05, 4.69) is 16.1 Å². The number of carbonyl (C=O) groups excluding carboxylic acids is 1. The van der Waals surface area contributed by atoms with E-state index < -0.39 is 10.0 Å². The first-order valence-electron chi connectivity index (χ1n) is 8.66. The van der Waals surface area contributed by atoms with Crippen LogP contribution in [0.15, 0.2) is 52.3 Å². The second kappa shape index (κ2) is 6.72. The maximum Gasteiger partial charge on any atom is 0.241 e. The van der Waals surface area contributed by atoms with Crippen LogP contribution in [-0.4, -0.2) is 19.6 Å². The predicted octanol–water partition coefficient (Wildman–Crippen LogP) is 3.48. The molecule has 5 nitrogen and oxygen atoms in total. The van der Waals surface area contributed by atoms with Crippen LogP contribution >= 0.6 is 11.8 Å². The van der Waals surface area contributed by atoms with Gasteiger partial charge in [-0.2, -0.15) is 0 Å². The number of hydrogen-bond acceptors (Lipinski definition) is 4. The second-order valence-electron chi connectivity index (χ2n) is 6.67. The highest BCUT2D eigenvalue weighted by atomic mass is 32.2. The van der Waals surface area contributed by atoms with Crippen molar-refractivity contribution in [2.45, 2.75) is 47.3 Å². The van der Waals surface area contributed by atoms with Gasteiger partial charge in [-0.15, -0.1) is 11.8 Å². The summed E-state index contributed by atoms with van der Waals surface area (Å²) >= 11 is 1.38. The van der Waals surface area contributed by atoms with E-state index in [1.165, 1.54) is 17.3 Å². The Morgan fingerprint density at radius 3 is 2.85 bits per heavy atom. The molecule has 0 saturated carbocycles. The highest BCUT2D eigenvalue weighted by Crippen LogP contribution is 2.37. The van der Waals surface area contributed by atoms with E-state index in [1.54, 1.807) is 25.1 Å². The van der Waals surface area contributed by atoms with Gasteiger partial charge in [0.15, 0.2) is 0 Å². The van der Waals surface area contributed by atoms with Crippen LogP contribution in [0.1, 0.15) is 36.9 Å². The van der Waals surface area contributed by atoms with Gasteiger partial charge >= 0.3 is 0 Å². The van der Waals surface area contributed by atoms with Gasteiger partial charge in [-0.1, -0.05) is 24.3 Å². The van der Waals surface area contributed by atoms with Crippen molar-refractivity contribution in [1.29, 1.82) is 0 Å². The molecule has 2 N–H and O–H groups in total. The van der Waals surface area contributed by atoms with Gasteiger partial charge in [0.1, 0.15) is 0 Å². The monoisotopic (exact) mass is 388 g/mol. The third kappa shape index (κ3) is 3.26. The zero-order chi connectivity index (χ0) is 18.3. The molecule has 2 unspecified atom stereocenters. The van der Waals surface area contributed by atoms with Crippen molar-refractivity contribution in [1.82, 2.24) is 4.72 Å². The number of thioether (sulfide) groups is 1. The van der Waals surface area contributed by atoms with E-state index in [0.717, 1.165) is 29.7 Å². The number of carbonyl (C=O) groups is 1. The topological polar surface area (TPSA) is 75.3 Å². The van der Waals surface area contributed by atoms with Crippen LogP contribution in [0.5, 0.6) is 0 Å². The number of hydrogen-bond donors (Lipinski definition) is 2. The molecule has 26 heavy (non-hydrogen) atoms. The number of benzene rings is 2. The molecule has 1 aliphatic carbocycles. The van der Waals surface area contributed by atoms with Crippen LogP contribution in [0, 0.1) is 0 Å². The standard InChI is InChI=1S/C19H20N2O3S2/c1-12-19(22)20-17-10-9-14(11-18(17)25-12)26(23,24)21-16-8-4-6-13-5-2-3-7-15(13)16/h2-3,5,7,9-12,16,21H,4,6,8H2,1H3,(H,20,22). The number of amides is 1. The molecule has 2 aromatic rings. The van der Waals surface area contributed by atoms with Crippen LogP contribution in [0.2, 0.25) is 0 Å². The van der Waals surface area contributed by atoms with Gasteiger partial charge in [0, 0.05) is 10.9 Å². The van der Waals surface area contributed by atoms with Gasteiger partial charge in [-0.3, -0.25) is 4.79 Å². The minimum atomic E-state index is -3.64. The number of rotatable bonds is 3. The maximum atomic E-state index is 12.9. The third-order valence-corrected chi connectivity index (χ3v) is 7.49. The lowest BCUT2D eigenvalue weighted by atomic mass is 9.88. The van der Waals surface area contributed by atoms with E-state index in [1.807, 2.05) is 18.2 Å². The lowest BCUT2D eigenvalue weighted by molar-refractivity contribution is -0.115. The van der Waals surface area contributed by atoms with E-state index >= 15 is 0 Å². The maximum absolute atomic E-state index is 12.9. The first-order chi connectivity index (χ1) is 12.4. The Hall–Kier alpha value is -1.83. The Kier molecular flexibility index (Phi) is 4.54. The third-order valence-electron chi connectivity index (χ3n) is 4.86. The quantitative estimate of drug-likeness (QED) is 0.844. The first-order valence-corrected chi connectivity index (χ1v) is 11.0. The SMILES string of the molecule is CC1Sc2cc(S(=O)(=O)NC3CCCc4ccccc43)ccc2NC1=O. The largest absolute Gasteiger partial charge is 0.324 e. The molecule has 0 saturated heterocycles. The average Bonchev–Trinajstić information content (AvgIpc) is 2.62. The number of anilines is 1. The van der Waals surface area contributed by atoms with E-state index in [-0.39, 0.29) is 22.1 Å². The van der Waals surface area contributed by atoms with Crippen LogP contribution in [0.3, 0.4) is 0 Å². The molecule has 4 rings (SSSR count). The molecule has 0 fully saturated rings. The van der Waals surface area contributed by atoms with Crippen molar-refractivity contribution < 1.29 is 13.2 Å². The van der Waals surface area contributed by atoms with Crippen molar-refractivity contribution in [2.24, 2.45) is 0 Å². The predicted molar refractivity (Wildman–Crippen MR) is 103 cm³/mol. The molecular weight excluding hydrogens is 368 g/mol. The summed E-state index contributed by atoms with van der Waals surface area (Å²) in [6.45, 7) is 1.81. The molecule has 136 valence electrons. The van der Waals surface area contributed by atoms with Gasteiger partial charge < -0.3 is 5.32 Å². The Morgan fingerprint density at radius 2 is 2.00 bits per heavy atom. The molecule has 1 amide bonds. The molecule has 0 radical (unpaired) electrons. The summed E-state index contributed by atoms with van der Waals surface area (Å²) < 4.78 is 28.7. The molecule has 2 aliphatic rings. The number of sulfonamides is 1. The van der Waals surface area contributed by atoms with Crippen molar-refractivity contribution in [3.05, 3.63) is 53.6 Å². The molecule has 0 aromatic heterocycles. The van der Waals surface area contributed by atoms with Crippen molar-refractivity contribution in [3.63, 3.8) is 0 Å². The Labute approximate surface area is 157 Å². The summed E-state index contributed by atoms with van der Waals surface area (Å²) in [4.78, 5) is 12.8. The smallest absolute Gasteiger partial charge is 0.241 e. The van der Waals surface area contributed by atoms with Crippen LogP contribution in [-0.2, 0) is 21.2 Å². The second-order valence-corrected chi connectivity index (χ2v) is 9.77. The molecule has 7 heteroatoms. The minimum absolute atomic E-state index is 0.0601. The van der Waals surface area contributed by atoms with Gasteiger partial charge in [0.25, 0.3) is 0 Å². The number of aryl methyl sites for hydroxylation is 1. The Balaban J connectivity index is 1.62. The van der Waals surface area contributed by atoms with Crippen LogP contribution < -0.4 is 10.0 Å². The van der Waals surface area contributed by atoms with Crippen LogP contribution in [0.25, 0.3) is 0 Å². The minimum Gasteiger partial charge on any atom is -0.324 e. The van der Waals surface area contributed by atoms with Gasteiger partial charge in [0.05, 0.1) is 15.8 Å². The Morgan fingerprint density at radius 1 is 1.19 bits per heavy atom. The molecule has 0 bridgehead atoms. The van der Waals surface area contributed by atoms with Crippen molar-refractivity contribution >= 4 is 33.4 Å². The number of fused-ring (bicyclic) bond motifs is 2. The van der Waals surface area contributed by atoms with Crippen molar-refractivity contribution in [2.75, 3.05) is 5.32 Å². The molecule has 1 heterocycles. The van der Waals surface area contributed by atoms with E-state index in [4.69, 9.17) is 0 Å². The van der Waals surface area contributed by atoms with E-state index in [9.17, 15) is 13.2 Å². The van der Waals surface area contributed by atoms with E-state index in [0.29, 0.717) is 5.69 Å². The lowest BCUT2D eigenvalue weighted by Gasteiger charge is -2.26. The fraction of sp³-hybridized carbons (Fsp3) is 0.316. The molecule has 1 aliphatic heterocycles. The fourth-order valence-electron chi connectivity index (χ4n) is 3.48. The highest BCUT2D eigenvalue weighted by molar-refractivity contribution is 8.01. The first kappa shape index (κ1) is 17.6. The summed E-state index contributed by atoms with van der Waals surface area (Å²) in [5, 5.41) is 2.57. The normalized spacial score (nSPS) is 22.3. The summed E-state index contributed by atoms with van der Waals surface area (Å²) in [6, 6.07) is 12.7. The summed E-state index contributed by atoms with van der Waals surface area (Å²) in [7, 11) is -3.64. The fourth-order valence-corrected chi connectivity index (χ4v) is 5.82. The summed E-state index contributed by atoms with van der Waals surface area (Å²) in [6.07, 6.45) is 2.75. The molecule has 2 aromatic carbocycles. The average molecular weight is 389 g/mol. The van der Waals surface area contributed by atoms with Gasteiger partial charge in [0.2, 0.25) is 15.9 Å². The Bertz CT molecular complexity index is 972. The van der Waals surface area contributed by atoms with Gasteiger partial charge in [-0.25, -0.2) is 13.1 Å². The lowest BCUT2D eigenvalue weighted by Crippen LogP contribution is -2.31. The number of nitrogens with one attached hydrogen (secondary N) is 2. The van der Waals surface area contributed by atoms with Crippen LogP contribution in [0.4, 0.5) is 5.69 Å². The molecule has 0 spiro atoms. The molecule has 2 atom stereocenters. The zero-order valence-corrected chi connectivity index (χ0v) is 16.0. The van der Waals surface area contributed by atoms with Gasteiger partial charge in [-0.05, 0) is 55.5 Å². The van der Waals surface area contributed by atoms with Crippen molar-refractivity contribution in [3.8, 4) is 0 Å². The molecular formula is C19H20N2O3S2. The highest BCUT2D eigenvalue weighted by Gasteiger charge is 2.28. The zero-order valence-electron chi connectivity index (χ0n) is 14.4. The summed E-state index contributed by atoms with van der Waals surface area (Å²) in [5.74, 6) is -0.0601. The summed E-state index contributed by atoms with van der Waals surface area (Å²) in [5.41, 5.74) is 2.94.